The van der Waals surface area contributed by atoms with Crippen LogP contribution in [0, 0.1) is 11.3 Å². The minimum Gasteiger partial charge on any atom is -0.493 e. The van der Waals surface area contributed by atoms with E-state index in [1.807, 2.05) is 0 Å². The molecule has 0 aliphatic heterocycles. The van der Waals surface area contributed by atoms with E-state index in [0.29, 0.717) is 12.2 Å². The summed E-state index contributed by atoms with van der Waals surface area (Å²) in [6.45, 7) is 0.581. The molecule has 1 aromatic carbocycles. The van der Waals surface area contributed by atoms with Gasteiger partial charge in [-0.2, -0.15) is 10.4 Å². The van der Waals surface area contributed by atoms with Crippen LogP contribution in [0.25, 0.3) is 0 Å². The van der Waals surface area contributed by atoms with Crippen molar-refractivity contribution in [1.29, 1.82) is 5.26 Å². The van der Waals surface area contributed by atoms with Crippen LogP contribution >= 0.6 is 11.8 Å². The maximum atomic E-state index is 8.64. The number of nitrogens with one attached hydrogen (secondary N) is 1. The zero-order chi connectivity index (χ0) is 11.9. The molecule has 0 bridgehead atoms. The number of nitriles is 1. The van der Waals surface area contributed by atoms with Crippen molar-refractivity contribution < 1.29 is 4.74 Å². The molecule has 0 unspecified atom stereocenters. The summed E-state index contributed by atoms with van der Waals surface area (Å²) in [4.78, 5) is 3.99. The van der Waals surface area contributed by atoms with Gasteiger partial charge in [0.2, 0.25) is 0 Å². The largest absolute Gasteiger partial charge is 0.493 e. The average Bonchev–Trinajstić information content (AvgIpc) is 2.88. The van der Waals surface area contributed by atoms with Gasteiger partial charge in [0.15, 0.2) is 5.16 Å². The molecule has 5 nitrogen and oxygen atoms in total. The van der Waals surface area contributed by atoms with Crippen LogP contribution in [0.5, 0.6) is 5.75 Å². The number of aromatic nitrogens is 3. The third-order valence-electron chi connectivity index (χ3n) is 1.97. The molecule has 0 atom stereocenters. The molecule has 0 fully saturated rings. The number of nitrogens with zero attached hydrogens (tertiary/aromatic N) is 3. The van der Waals surface area contributed by atoms with Crippen LogP contribution in [0.15, 0.2) is 35.7 Å². The molecule has 2 aromatic rings. The van der Waals surface area contributed by atoms with E-state index in [1.165, 1.54) is 6.33 Å². The second-order valence-electron chi connectivity index (χ2n) is 3.12. The summed E-state index contributed by atoms with van der Waals surface area (Å²) < 4.78 is 5.51. The van der Waals surface area contributed by atoms with E-state index in [4.69, 9.17) is 10.00 Å². The van der Waals surface area contributed by atoms with Crippen molar-refractivity contribution in [3.63, 3.8) is 0 Å². The quantitative estimate of drug-likeness (QED) is 0.643. The van der Waals surface area contributed by atoms with Gasteiger partial charge in [-0.3, -0.25) is 5.10 Å². The first kappa shape index (κ1) is 11.5. The molecular formula is C11H10N4OS. The minimum absolute atomic E-state index is 0.581. The van der Waals surface area contributed by atoms with Gasteiger partial charge in [-0.1, -0.05) is 11.8 Å². The first-order valence-corrected chi connectivity index (χ1v) is 5.98. The van der Waals surface area contributed by atoms with Crippen molar-refractivity contribution in [3.05, 3.63) is 36.2 Å². The lowest BCUT2D eigenvalue weighted by Crippen LogP contribution is -2.00. The Morgan fingerprint density at radius 2 is 2.18 bits per heavy atom. The fourth-order valence-electron chi connectivity index (χ4n) is 1.19. The molecule has 1 heterocycles. The molecule has 1 N–H and O–H groups in total. The average molecular weight is 246 g/mol. The number of benzene rings is 1. The summed E-state index contributed by atoms with van der Waals surface area (Å²) in [7, 11) is 0. The first-order chi connectivity index (χ1) is 8.38. The fraction of sp³-hybridized carbons (Fsp3) is 0.182. The molecule has 0 aliphatic carbocycles. The van der Waals surface area contributed by atoms with E-state index in [9.17, 15) is 0 Å². The molecule has 0 saturated carbocycles. The Labute approximate surface area is 103 Å². The van der Waals surface area contributed by atoms with E-state index in [2.05, 4.69) is 21.3 Å². The molecular weight excluding hydrogens is 236 g/mol. The molecule has 1 aromatic heterocycles. The predicted octanol–water partition coefficient (Wildman–Crippen LogP) is 1.85. The number of hydrogen-bond acceptors (Lipinski definition) is 5. The van der Waals surface area contributed by atoms with Crippen molar-refractivity contribution >= 4 is 11.8 Å². The monoisotopic (exact) mass is 246 g/mol. The van der Waals surface area contributed by atoms with Crippen molar-refractivity contribution in [3.8, 4) is 11.8 Å². The molecule has 0 saturated heterocycles. The lowest BCUT2D eigenvalue weighted by molar-refractivity contribution is 0.344. The normalized spacial score (nSPS) is 9.82. The second kappa shape index (κ2) is 5.92. The zero-order valence-electron chi connectivity index (χ0n) is 8.96. The van der Waals surface area contributed by atoms with Gasteiger partial charge in [-0.15, -0.1) is 0 Å². The van der Waals surface area contributed by atoms with E-state index in [-0.39, 0.29) is 0 Å². The Hall–Kier alpha value is -2.00. The number of H-pyrrole nitrogens is 1. The van der Waals surface area contributed by atoms with Crippen LogP contribution in [0.3, 0.4) is 0 Å². The SMILES string of the molecule is N#Cc1ccc(OCCSc2ncn[nH]2)cc1. The smallest absolute Gasteiger partial charge is 0.183 e. The van der Waals surface area contributed by atoms with E-state index in [0.717, 1.165) is 16.7 Å². The Morgan fingerprint density at radius 1 is 1.35 bits per heavy atom. The van der Waals surface area contributed by atoms with E-state index >= 15 is 0 Å². The molecule has 17 heavy (non-hydrogen) atoms. The first-order valence-electron chi connectivity index (χ1n) is 4.99. The molecule has 0 aliphatic rings. The number of ether oxygens (including phenoxy) is 1. The van der Waals surface area contributed by atoms with Crippen molar-refractivity contribution in [2.75, 3.05) is 12.4 Å². The van der Waals surface area contributed by atoms with Crippen LogP contribution in [0.1, 0.15) is 5.56 Å². The van der Waals surface area contributed by atoms with Crippen molar-refractivity contribution in [1.82, 2.24) is 15.2 Å². The molecule has 2 rings (SSSR count). The topological polar surface area (TPSA) is 74.6 Å². The molecule has 0 amide bonds. The Bertz CT molecular complexity index is 489. The summed E-state index contributed by atoms with van der Waals surface area (Å²) >= 11 is 1.55. The molecule has 86 valence electrons. The highest BCUT2D eigenvalue weighted by molar-refractivity contribution is 7.99. The van der Waals surface area contributed by atoms with Gasteiger partial charge >= 0.3 is 0 Å². The van der Waals surface area contributed by atoms with Crippen LogP contribution in [-0.4, -0.2) is 27.5 Å². The van der Waals surface area contributed by atoms with Crippen LogP contribution in [0.2, 0.25) is 0 Å². The van der Waals surface area contributed by atoms with Gasteiger partial charge in [-0.25, -0.2) is 4.98 Å². The summed E-state index contributed by atoms with van der Waals surface area (Å²) in [6.07, 6.45) is 1.48. The second-order valence-corrected chi connectivity index (χ2v) is 4.21. The fourth-order valence-corrected chi connectivity index (χ4v) is 1.79. The predicted molar refractivity (Wildman–Crippen MR) is 63.8 cm³/mol. The van der Waals surface area contributed by atoms with Gasteiger partial charge in [0.05, 0.1) is 18.2 Å². The summed E-state index contributed by atoms with van der Waals surface area (Å²) in [5.74, 6) is 1.55. The lowest BCUT2D eigenvalue weighted by atomic mass is 10.2. The van der Waals surface area contributed by atoms with Crippen LogP contribution in [0.4, 0.5) is 0 Å². The lowest BCUT2D eigenvalue weighted by Gasteiger charge is -2.04. The van der Waals surface area contributed by atoms with Gasteiger partial charge < -0.3 is 4.74 Å². The Kier molecular flexibility index (Phi) is 4.00. The van der Waals surface area contributed by atoms with Gasteiger partial charge in [-0.05, 0) is 24.3 Å². The molecule has 0 spiro atoms. The van der Waals surface area contributed by atoms with E-state index in [1.54, 1.807) is 36.0 Å². The Balaban J connectivity index is 1.73. The zero-order valence-corrected chi connectivity index (χ0v) is 9.78. The minimum atomic E-state index is 0.581. The van der Waals surface area contributed by atoms with Crippen LogP contribution in [-0.2, 0) is 0 Å². The third-order valence-corrected chi connectivity index (χ3v) is 2.81. The summed E-state index contributed by atoms with van der Waals surface area (Å²) in [6, 6.07) is 9.11. The van der Waals surface area contributed by atoms with Crippen molar-refractivity contribution in [2.24, 2.45) is 0 Å². The summed E-state index contributed by atoms with van der Waals surface area (Å²) in [5.41, 5.74) is 0.633. The van der Waals surface area contributed by atoms with Gasteiger partial charge in [0.1, 0.15) is 12.1 Å². The third kappa shape index (κ3) is 3.50. The number of thioether (sulfide) groups is 1. The summed E-state index contributed by atoms with van der Waals surface area (Å²) in [5, 5.41) is 15.9. The van der Waals surface area contributed by atoms with Crippen molar-refractivity contribution in [2.45, 2.75) is 5.16 Å². The number of hydrogen-bond donors (Lipinski definition) is 1. The maximum absolute atomic E-state index is 8.64. The maximum Gasteiger partial charge on any atom is 0.183 e. The van der Waals surface area contributed by atoms with Gasteiger partial charge in [0.25, 0.3) is 0 Å². The highest BCUT2D eigenvalue weighted by Crippen LogP contribution is 2.14. The molecule has 6 heteroatoms. The highest BCUT2D eigenvalue weighted by atomic mass is 32.2. The Morgan fingerprint density at radius 3 is 2.82 bits per heavy atom. The number of aromatic amines is 1. The molecule has 0 radical (unpaired) electrons. The number of rotatable bonds is 5. The van der Waals surface area contributed by atoms with E-state index < -0.39 is 0 Å². The van der Waals surface area contributed by atoms with Gasteiger partial charge in [0, 0.05) is 5.75 Å². The van der Waals surface area contributed by atoms with Crippen LogP contribution < -0.4 is 4.74 Å². The standard InChI is InChI=1S/C11H10N4OS/c12-7-9-1-3-10(4-2-9)16-5-6-17-11-13-8-14-15-11/h1-4,8H,5-6H2,(H,13,14,15). The highest BCUT2D eigenvalue weighted by Gasteiger charge is 1.98.